The largest absolute Gasteiger partial charge is 0.381 e. The van der Waals surface area contributed by atoms with Gasteiger partial charge in [-0.3, -0.25) is 9.59 Å². The fourth-order valence-electron chi connectivity index (χ4n) is 3.54. The zero-order valence-electron chi connectivity index (χ0n) is 12.4. The Morgan fingerprint density at radius 2 is 2.10 bits per heavy atom. The molecule has 3 rings (SSSR count). The first-order valence-electron chi connectivity index (χ1n) is 7.72. The van der Waals surface area contributed by atoms with E-state index in [2.05, 4.69) is 12.2 Å². The van der Waals surface area contributed by atoms with Crippen LogP contribution in [0.1, 0.15) is 39.5 Å². The van der Waals surface area contributed by atoms with Gasteiger partial charge in [-0.2, -0.15) is 0 Å². The van der Waals surface area contributed by atoms with Crippen molar-refractivity contribution >= 4 is 11.8 Å². The quantitative estimate of drug-likeness (QED) is 0.836. The highest BCUT2D eigenvalue weighted by Gasteiger charge is 2.52. The number of carbonyl (C=O) groups excluding carboxylic acids is 2. The Balaban J connectivity index is 1.81. The molecular weight excluding hydrogens is 256 g/mol. The lowest BCUT2D eigenvalue weighted by atomic mass is 9.91. The lowest BCUT2D eigenvalue weighted by Gasteiger charge is -2.37. The Morgan fingerprint density at radius 3 is 2.70 bits per heavy atom. The third kappa shape index (κ3) is 2.32. The van der Waals surface area contributed by atoms with Gasteiger partial charge in [0.25, 0.3) is 0 Å². The summed E-state index contributed by atoms with van der Waals surface area (Å²) in [4.78, 5) is 26.8. The molecule has 2 saturated heterocycles. The average molecular weight is 280 g/mol. The van der Waals surface area contributed by atoms with Crippen molar-refractivity contribution in [2.24, 2.45) is 11.8 Å². The molecule has 3 unspecified atom stereocenters. The number of nitrogens with one attached hydrogen (secondary N) is 1. The van der Waals surface area contributed by atoms with E-state index in [-0.39, 0.29) is 17.9 Å². The van der Waals surface area contributed by atoms with Crippen LogP contribution in [-0.2, 0) is 14.3 Å². The summed E-state index contributed by atoms with van der Waals surface area (Å²) >= 11 is 0. The highest BCUT2D eigenvalue weighted by Crippen LogP contribution is 2.42. The fraction of sp³-hybridized carbons (Fsp3) is 0.867. The Hall–Kier alpha value is -1.10. The summed E-state index contributed by atoms with van der Waals surface area (Å²) in [6.07, 6.45) is 3.49. The van der Waals surface area contributed by atoms with Crippen LogP contribution in [0.3, 0.4) is 0 Å². The number of rotatable bonds is 3. The molecule has 20 heavy (non-hydrogen) atoms. The van der Waals surface area contributed by atoms with Gasteiger partial charge in [0, 0.05) is 31.5 Å². The lowest BCUT2D eigenvalue weighted by Crippen LogP contribution is -2.59. The maximum absolute atomic E-state index is 13.0. The normalized spacial score (nSPS) is 36.7. The van der Waals surface area contributed by atoms with Crippen LogP contribution in [0.5, 0.6) is 0 Å². The van der Waals surface area contributed by atoms with Gasteiger partial charge in [0.15, 0.2) is 0 Å². The summed E-state index contributed by atoms with van der Waals surface area (Å²) in [5.74, 6) is 0.817. The molecule has 5 nitrogen and oxygen atoms in total. The molecule has 2 aliphatic heterocycles. The van der Waals surface area contributed by atoms with E-state index >= 15 is 0 Å². The monoisotopic (exact) mass is 280 g/mol. The SMILES string of the molecule is CC(C1CCOC1)N1CCC(=O)NC(C)(C2CC2)C1=O. The first-order chi connectivity index (χ1) is 9.52. The van der Waals surface area contributed by atoms with E-state index in [0.29, 0.717) is 24.8 Å². The van der Waals surface area contributed by atoms with Gasteiger partial charge in [0.05, 0.1) is 6.61 Å². The van der Waals surface area contributed by atoms with Gasteiger partial charge in [-0.1, -0.05) is 0 Å². The van der Waals surface area contributed by atoms with Crippen molar-refractivity contribution in [1.29, 1.82) is 0 Å². The summed E-state index contributed by atoms with van der Waals surface area (Å²) < 4.78 is 5.45. The number of hydrogen-bond donors (Lipinski definition) is 1. The molecule has 5 heteroatoms. The molecule has 2 amide bonds. The molecule has 0 aromatic heterocycles. The number of ether oxygens (including phenoxy) is 1. The summed E-state index contributed by atoms with van der Waals surface area (Å²) in [5.41, 5.74) is -0.693. The molecule has 0 aromatic rings. The minimum absolute atomic E-state index is 0.00474. The van der Waals surface area contributed by atoms with Crippen LogP contribution >= 0.6 is 0 Å². The molecular formula is C15H24N2O3. The molecule has 0 radical (unpaired) electrons. The van der Waals surface area contributed by atoms with Crippen molar-refractivity contribution in [1.82, 2.24) is 10.2 Å². The summed E-state index contributed by atoms with van der Waals surface area (Å²) in [5, 5.41) is 2.98. The molecule has 0 aromatic carbocycles. The summed E-state index contributed by atoms with van der Waals surface area (Å²) in [6.45, 7) is 6.05. The predicted molar refractivity (Wildman–Crippen MR) is 74.0 cm³/mol. The Bertz CT molecular complexity index is 415. The fourth-order valence-corrected chi connectivity index (χ4v) is 3.54. The van der Waals surface area contributed by atoms with Crippen LogP contribution in [0.25, 0.3) is 0 Å². The smallest absolute Gasteiger partial charge is 0.248 e. The molecule has 112 valence electrons. The first kappa shape index (κ1) is 13.9. The van der Waals surface area contributed by atoms with Crippen molar-refractivity contribution < 1.29 is 14.3 Å². The molecule has 3 atom stereocenters. The third-order valence-corrected chi connectivity index (χ3v) is 5.22. The molecule has 1 N–H and O–H groups in total. The third-order valence-electron chi connectivity index (χ3n) is 5.22. The topological polar surface area (TPSA) is 58.6 Å². The first-order valence-corrected chi connectivity index (χ1v) is 7.72. The maximum atomic E-state index is 13.0. The predicted octanol–water partition coefficient (Wildman–Crippen LogP) is 0.929. The molecule has 1 saturated carbocycles. The van der Waals surface area contributed by atoms with Crippen molar-refractivity contribution in [3.63, 3.8) is 0 Å². The van der Waals surface area contributed by atoms with E-state index in [1.54, 1.807) is 0 Å². The molecule has 1 aliphatic carbocycles. The second kappa shape index (κ2) is 5.02. The molecule has 3 fully saturated rings. The number of hydrogen-bond acceptors (Lipinski definition) is 3. The van der Waals surface area contributed by atoms with Gasteiger partial charge in [-0.25, -0.2) is 0 Å². The standard InChI is InChI=1S/C15H24N2O3/c1-10(11-6-8-20-9-11)17-7-5-13(18)16-15(2,14(17)19)12-3-4-12/h10-12H,3-9H2,1-2H3,(H,16,18). The van der Waals surface area contributed by atoms with Gasteiger partial charge < -0.3 is 15.0 Å². The van der Waals surface area contributed by atoms with Crippen LogP contribution in [0, 0.1) is 11.8 Å². The van der Waals surface area contributed by atoms with Crippen LogP contribution in [0.2, 0.25) is 0 Å². The second-order valence-electron chi connectivity index (χ2n) is 6.64. The molecule has 0 bridgehead atoms. The summed E-state index contributed by atoms with van der Waals surface area (Å²) in [6, 6.07) is 0.149. The van der Waals surface area contributed by atoms with Crippen molar-refractivity contribution in [2.45, 2.75) is 51.1 Å². The number of carbonyl (C=O) groups is 2. The Labute approximate surface area is 120 Å². The highest BCUT2D eigenvalue weighted by molar-refractivity contribution is 5.94. The second-order valence-corrected chi connectivity index (χ2v) is 6.64. The van der Waals surface area contributed by atoms with Crippen LogP contribution in [0.4, 0.5) is 0 Å². The van der Waals surface area contributed by atoms with E-state index in [1.165, 1.54) is 0 Å². The van der Waals surface area contributed by atoms with Crippen LogP contribution in [0.15, 0.2) is 0 Å². The van der Waals surface area contributed by atoms with Crippen molar-refractivity contribution in [3.8, 4) is 0 Å². The Morgan fingerprint density at radius 1 is 1.35 bits per heavy atom. The van der Waals surface area contributed by atoms with Gasteiger partial charge in [0.1, 0.15) is 5.54 Å². The van der Waals surface area contributed by atoms with Gasteiger partial charge >= 0.3 is 0 Å². The minimum atomic E-state index is -0.693. The van der Waals surface area contributed by atoms with Crippen LogP contribution in [-0.4, -0.2) is 48.1 Å². The van der Waals surface area contributed by atoms with Gasteiger partial charge in [-0.05, 0) is 39.0 Å². The minimum Gasteiger partial charge on any atom is -0.381 e. The number of amides is 2. The Kier molecular flexibility index (Phi) is 3.48. The van der Waals surface area contributed by atoms with Gasteiger partial charge in [-0.15, -0.1) is 0 Å². The molecule has 2 heterocycles. The van der Waals surface area contributed by atoms with Crippen LogP contribution < -0.4 is 5.32 Å². The molecule has 3 aliphatic rings. The maximum Gasteiger partial charge on any atom is 0.248 e. The van der Waals surface area contributed by atoms with E-state index in [0.717, 1.165) is 32.5 Å². The lowest BCUT2D eigenvalue weighted by molar-refractivity contribution is -0.141. The molecule has 0 spiro atoms. The van der Waals surface area contributed by atoms with Crippen molar-refractivity contribution in [3.05, 3.63) is 0 Å². The van der Waals surface area contributed by atoms with E-state index in [4.69, 9.17) is 4.74 Å². The highest BCUT2D eigenvalue weighted by atomic mass is 16.5. The van der Waals surface area contributed by atoms with E-state index < -0.39 is 5.54 Å². The zero-order chi connectivity index (χ0) is 14.3. The zero-order valence-corrected chi connectivity index (χ0v) is 12.4. The summed E-state index contributed by atoms with van der Waals surface area (Å²) in [7, 11) is 0. The van der Waals surface area contributed by atoms with E-state index in [9.17, 15) is 9.59 Å². The van der Waals surface area contributed by atoms with Crippen molar-refractivity contribution in [2.75, 3.05) is 19.8 Å². The number of nitrogens with zero attached hydrogens (tertiary/aromatic N) is 1. The van der Waals surface area contributed by atoms with E-state index in [1.807, 2.05) is 11.8 Å². The average Bonchev–Trinajstić information content (AvgIpc) is 3.15. The van der Waals surface area contributed by atoms with Gasteiger partial charge in [0.2, 0.25) is 11.8 Å².